The molecule has 1 aromatic carbocycles. The molecule has 74 valence electrons. The molecule has 0 amide bonds. The lowest BCUT2D eigenvalue weighted by Crippen LogP contribution is -2.11. The van der Waals surface area contributed by atoms with Gasteiger partial charge in [-0.25, -0.2) is 0 Å². The molecule has 0 N–H and O–H groups in total. The van der Waals surface area contributed by atoms with Crippen LogP contribution in [0.2, 0.25) is 0 Å². The van der Waals surface area contributed by atoms with Crippen molar-refractivity contribution in [3.8, 4) is 0 Å². The Labute approximate surface area is 88.3 Å². The number of rotatable bonds is 3. The molecular formula is C9H9ClNO2P. The Bertz CT molecular complexity index is 353. The summed E-state index contributed by atoms with van der Waals surface area (Å²) in [6, 6.07) is 8.04. The predicted octanol–water partition coefficient (Wildman–Crippen LogP) is 1.41. The van der Waals surface area contributed by atoms with E-state index in [1.54, 1.807) is 24.3 Å². The summed E-state index contributed by atoms with van der Waals surface area (Å²) in [5, 5.41) is 0.0107. The summed E-state index contributed by atoms with van der Waals surface area (Å²) < 4.78 is 3.77. The van der Waals surface area contributed by atoms with Crippen LogP contribution in [-0.2, 0) is 4.79 Å². The maximum atomic E-state index is 11.5. The van der Waals surface area contributed by atoms with Gasteiger partial charge >= 0.3 is 0 Å². The van der Waals surface area contributed by atoms with E-state index in [2.05, 4.69) is 4.74 Å². The summed E-state index contributed by atoms with van der Waals surface area (Å²) in [6.07, 6.45) is 0. The molecule has 0 fully saturated rings. The minimum absolute atomic E-state index is 0.593. The lowest BCUT2D eigenvalue weighted by atomic mass is 10.4. The van der Waals surface area contributed by atoms with Crippen molar-refractivity contribution in [2.24, 2.45) is 4.74 Å². The van der Waals surface area contributed by atoms with Gasteiger partial charge in [0.1, 0.15) is 0 Å². The zero-order chi connectivity index (χ0) is 10.6. The Morgan fingerprint density at radius 1 is 1.50 bits per heavy atom. The first-order valence-electron chi connectivity index (χ1n) is 4.03. The van der Waals surface area contributed by atoms with E-state index in [9.17, 15) is 9.69 Å². The van der Waals surface area contributed by atoms with Gasteiger partial charge in [-0.2, -0.15) is 0 Å². The second kappa shape index (κ2) is 5.20. The molecule has 1 aromatic rings. The first-order chi connectivity index (χ1) is 6.61. The van der Waals surface area contributed by atoms with E-state index < -0.39 is 19.2 Å². The predicted molar refractivity (Wildman–Crippen MR) is 55.7 cm³/mol. The van der Waals surface area contributed by atoms with E-state index >= 15 is 0 Å². The van der Waals surface area contributed by atoms with Crippen molar-refractivity contribution in [3.05, 3.63) is 30.3 Å². The molecule has 0 aliphatic heterocycles. The lowest BCUT2D eigenvalue weighted by molar-refractivity contribution is -0.152. The fourth-order valence-corrected chi connectivity index (χ4v) is 1.92. The van der Waals surface area contributed by atoms with Gasteiger partial charge in [0.25, 0.3) is 0 Å². The van der Waals surface area contributed by atoms with Crippen molar-refractivity contribution >= 4 is 30.1 Å². The molecule has 5 heteroatoms. The number of hydrogen-bond donors (Lipinski definition) is 0. The molecule has 2 atom stereocenters. The molecule has 0 aliphatic carbocycles. The minimum atomic E-state index is -1.88. The largest absolute Gasteiger partial charge is 0.607 e. The molecule has 0 aromatic heterocycles. The molecule has 1 unspecified atom stereocenters. The highest BCUT2D eigenvalue weighted by Gasteiger charge is 2.13. The van der Waals surface area contributed by atoms with Gasteiger partial charge < -0.3 is 4.89 Å². The van der Waals surface area contributed by atoms with Gasteiger partial charge in [-0.1, -0.05) is 22.9 Å². The van der Waals surface area contributed by atoms with E-state index in [-0.39, 0.29) is 0 Å². The molecule has 0 radical (unpaired) electrons. The Balaban J connectivity index is 2.85. The average Bonchev–Trinajstić information content (AvgIpc) is 2.19. The van der Waals surface area contributed by atoms with Crippen LogP contribution in [0.4, 0.5) is 0 Å². The summed E-state index contributed by atoms with van der Waals surface area (Å²) in [4.78, 5) is 22.2. The van der Waals surface area contributed by atoms with E-state index in [4.69, 9.17) is 11.6 Å². The monoisotopic (exact) mass is 229 g/mol. The van der Waals surface area contributed by atoms with Gasteiger partial charge in [0, 0.05) is 0 Å². The second-order valence-electron chi connectivity index (χ2n) is 2.70. The summed E-state index contributed by atoms with van der Waals surface area (Å²) >= 11 is 5.20. The van der Waals surface area contributed by atoms with Crippen LogP contribution in [0, 0.1) is 0 Å². The van der Waals surface area contributed by atoms with Gasteiger partial charge in [0.05, 0.1) is 0 Å². The van der Waals surface area contributed by atoms with Crippen molar-refractivity contribution in [1.29, 1.82) is 0 Å². The van der Waals surface area contributed by atoms with E-state index in [1.807, 2.05) is 6.07 Å². The first-order valence-corrected chi connectivity index (χ1v) is 5.62. The van der Waals surface area contributed by atoms with E-state index in [1.165, 1.54) is 6.92 Å². The molecular weight excluding hydrogens is 221 g/mol. The third kappa shape index (κ3) is 3.18. The summed E-state index contributed by atoms with van der Waals surface area (Å²) in [5.41, 5.74) is 0. The fourth-order valence-electron chi connectivity index (χ4n) is 0.825. The van der Waals surface area contributed by atoms with Crippen molar-refractivity contribution in [3.63, 3.8) is 0 Å². The Hall–Kier alpha value is -0.760. The van der Waals surface area contributed by atoms with Crippen LogP contribution in [0.3, 0.4) is 0 Å². The van der Waals surface area contributed by atoms with Crippen LogP contribution in [0.1, 0.15) is 6.92 Å². The summed E-state index contributed by atoms with van der Waals surface area (Å²) in [5.74, 6) is 0. The minimum Gasteiger partial charge on any atom is -0.607 e. The van der Waals surface area contributed by atoms with E-state index in [0.717, 1.165) is 0 Å². The van der Waals surface area contributed by atoms with Crippen molar-refractivity contribution in [1.82, 2.24) is 0 Å². The number of benzene rings is 1. The van der Waals surface area contributed by atoms with Crippen LogP contribution in [0.5, 0.6) is 0 Å². The Kier molecular flexibility index (Phi) is 4.21. The normalized spacial score (nSPS) is 13.8. The number of carbonyl (C=O) groups is 1. The van der Waals surface area contributed by atoms with Crippen molar-refractivity contribution < 1.29 is 9.69 Å². The average molecular weight is 230 g/mol. The molecule has 0 heterocycles. The molecule has 3 nitrogen and oxygen atoms in total. The van der Waals surface area contributed by atoms with Crippen LogP contribution in [-0.4, -0.2) is 11.3 Å². The Morgan fingerprint density at radius 3 is 2.57 bits per heavy atom. The summed E-state index contributed by atoms with van der Waals surface area (Å²) in [6.45, 7) is 1.52. The van der Waals surface area contributed by atoms with Crippen LogP contribution in [0.25, 0.3) is 0 Å². The zero-order valence-electron chi connectivity index (χ0n) is 7.55. The molecule has 1 rings (SSSR count). The van der Waals surface area contributed by atoms with Gasteiger partial charge in [0.15, 0.2) is 11.3 Å². The molecule has 0 spiro atoms. The van der Waals surface area contributed by atoms with Crippen LogP contribution < -0.4 is 10.2 Å². The second-order valence-corrected chi connectivity index (χ2v) is 4.37. The lowest BCUT2D eigenvalue weighted by Gasteiger charge is -1.98. The Morgan fingerprint density at radius 2 is 2.07 bits per heavy atom. The summed E-state index contributed by atoms with van der Waals surface area (Å²) in [7, 11) is -1.88. The zero-order valence-corrected chi connectivity index (χ0v) is 9.20. The van der Waals surface area contributed by atoms with Gasteiger partial charge in [-0.3, -0.25) is 4.79 Å². The third-order valence-electron chi connectivity index (χ3n) is 1.58. The topological polar surface area (TPSA) is 52.5 Å². The van der Waals surface area contributed by atoms with Gasteiger partial charge in [-0.15, -0.1) is 0 Å². The van der Waals surface area contributed by atoms with Crippen molar-refractivity contribution in [2.45, 2.75) is 13.0 Å². The van der Waals surface area contributed by atoms with Gasteiger partial charge in [-0.05, 0) is 30.7 Å². The quantitative estimate of drug-likeness (QED) is 0.581. The number of hydrogen-bond acceptors (Lipinski definition) is 3. The molecule has 0 bridgehead atoms. The maximum Gasteiger partial charge on any atom is 0.250 e. The number of halogens is 1. The highest BCUT2D eigenvalue weighted by atomic mass is 35.5. The highest BCUT2D eigenvalue weighted by Crippen LogP contribution is 2.16. The van der Waals surface area contributed by atoms with Crippen LogP contribution >= 0.6 is 19.5 Å². The number of carbonyl (C=O) groups excluding carboxylic acids is 1. The van der Waals surface area contributed by atoms with E-state index in [0.29, 0.717) is 5.30 Å². The fraction of sp³-hybridized carbons (Fsp3) is 0.222. The standard InChI is InChI=1S/C9H9ClNO2P/c1-7(9(10)12)11-14(13)8-5-3-2-4-6-8/h2-7H,1H3/t7-/m0/s1. The van der Waals surface area contributed by atoms with Crippen LogP contribution in [0.15, 0.2) is 35.1 Å². The van der Waals surface area contributed by atoms with Crippen molar-refractivity contribution in [2.75, 3.05) is 0 Å². The number of nitrogens with zero attached hydrogens (tertiary/aromatic N) is 1. The highest BCUT2D eigenvalue weighted by molar-refractivity contribution is 7.48. The SMILES string of the molecule is C[C@H](N=[P+]([O-])c1ccccc1)C(=O)Cl. The maximum absolute atomic E-state index is 11.5. The first kappa shape index (κ1) is 11.3. The molecule has 0 aliphatic rings. The van der Waals surface area contributed by atoms with Gasteiger partial charge in [0.2, 0.25) is 13.2 Å². The smallest absolute Gasteiger partial charge is 0.250 e. The third-order valence-corrected chi connectivity index (χ3v) is 3.20. The molecule has 0 saturated carbocycles. The molecule has 0 saturated heterocycles. The molecule has 14 heavy (non-hydrogen) atoms.